The van der Waals surface area contributed by atoms with Crippen LogP contribution in [0.15, 0.2) is 24.3 Å². The average molecular weight is 264 g/mol. The van der Waals surface area contributed by atoms with Crippen molar-refractivity contribution in [3.63, 3.8) is 0 Å². The van der Waals surface area contributed by atoms with Gasteiger partial charge in [-0.05, 0) is 33.4 Å². The third-order valence-corrected chi connectivity index (χ3v) is 3.66. The second-order valence-corrected chi connectivity index (χ2v) is 5.23. The summed E-state index contributed by atoms with van der Waals surface area (Å²) in [6.07, 6.45) is 1.06. The molecular formula is C16H28N2O. The smallest absolute Gasteiger partial charge is 0.123 e. The fourth-order valence-corrected chi connectivity index (χ4v) is 2.10. The van der Waals surface area contributed by atoms with Crippen LogP contribution in [0.25, 0.3) is 0 Å². The van der Waals surface area contributed by atoms with E-state index in [-0.39, 0.29) is 0 Å². The van der Waals surface area contributed by atoms with E-state index in [4.69, 9.17) is 4.74 Å². The number of para-hydroxylation sites is 1. The van der Waals surface area contributed by atoms with Gasteiger partial charge in [0.15, 0.2) is 0 Å². The van der Waals surface area contributed by atoms with E-state index in [0.717, 1.165) is 25.3 Å². The van der Waals surface area contributed by atoms with Gasteiger partial charge in [-0.3, -0.25) is 0 Å². The van der Waals surface area contributed by atoms with Gasteiger partial charge in [0.1, 0.15) is 5.75 Å². The van der Waals surface area contributed by atoms with E-state index in [0.29, 0.717) is 12.1 Å². The van der Waals surface area contributed by atoms with Crippen LogP contribution in [0, 0.1) is 0 Å². The number of benzene rings is 1. The molecule has 0 aromatic heterocycles. The van der Waals surface area contributed by atoms with Gasteiger partial charge in [0, 0.05) is 30.7 Å². The summed E-state index contributed by atoms with van der Waals surface area (Å²) < 4.78 is 5.44. The topological polar surface area (TPSA) is 24.5 Å². The molecule has 1 unspecified atom stereocenters. The first kappa shape index (κ1) is 16.0. The Bertz CT molecular complexity index is 366. The van der Waals surface area contributed by atoms with Gasteiger partial charge >= 0.3 is 0 Å². The minimum Gasteiger partial charge on any atom is -0.496 e. The molecule has 0 spiro atoms. The molecule has 0 saturated carbocycles. The van der Waals surface area contributed by atoms with Gasteiger partial charge in [0.25, 0.3) is 0 Å². The van der Waals surface area contributed by atoms with Gasteiger partial charge in [-0.15, -0.1) is 0 Å². The highest BCUT2D eigenvalue weighted by Crippen LogP contribution is 2.26. The fraction of sp³-hybridized carbons (Fsp3) is 0.625. The van der Waals surface area contributed by atoms with Gasteiger partial charge < -0.3 is 15.0 Å². The van der Waals surface area contributed by atoms with Crippen LogP contribution >= 0.6 is 0 Å². The van der Waals surface area contributed by atoms with Crippen molar-refractivity contribution >= 4 is 0 Å². The van der Waals surface area contributed by atoms with Gasteiger partial charge in [0.2, 0.25) is 0 Å². The minimum absolute atomic E-state index is 0.358. The molecule has 1 aromatic carbocycles. The summed E-state index contributed by atoms with van der Waals surface area (Å²) in [5.74, 6) is 0.971. The quantitative estimate of drug-likeness (QED) is 0.781. The highest BCUT2D eigenvalue weighted by atomic mass is 16.5. The lowest BCUT2D eigenvalue weighted by molar-refractivity contribution is 0.268. The third-order valence-electron chi connectivity index (χ3n) is 3.66. The zero-order valence-electron chi connectivity index (χ0n) is 12.9. The zero-order valence-corrected chi connectivity index (χ0v) is 12.9. The molecule has 1 N–H and O–H groups in total. The second-order valence-electron chi connectivity index (χ2n) is 5.23. The summed E-state index contributed by atoms with van der Waals surface area (Å²) in [5.41, 5.74) is 1.25. The van der Waals surface area contributed by atoms with E-state index in [9.17, 15) is 0 Å². The Hall–Kier alpha value is -1.06. The van der Waals surface area contributed by atoms with E-state index < -0.39 is 0 Å². The number of rotatable bonds is 8. The van der Waals surface area contributed by atoms with Gasteiger partial charge in [-0.25, -0.2) is 0 Å². The molecule has 3 nitrogen and oxygen atoms in total. The lowest BCUT2D eigenvalue weighted by Crippen LogP contribution is -2.35. The first-order chi connectivity index (χ1) is 9.10. The van der Waals surface area contributed by atoms with E-state index in [2.05, 4.69) is 50.2 Å². The van der Waals surface area contributed by atoms with E-state index in [1.165, 1.54) is 5.56 Å². The molecule has 0 fully saturated rings. The molecule has 0 bridgehead atoms. The van der Waals surface area contributed by atoms with Crippen LogP contribution in [-0.2, 0) is 0 Å². The Kier molecular flexibility index (Phi) is 6.89. The van der Waals surface area contributed by atoms with Crippen LogP contribution in [-0.4, -0.2) is 38.2 Å². The molecule has 0 aliphatic heterocycles. The number of likely N-dealkylation sites (N-methyl/N-ethyl adjacent to an activating group) is 1. The highest BCUT2D eigenvalue weighted by Gasteiger charge is 2.13. The Balaban J connectivity index is 2.58. The standard InChI is InChI=1S/C16H28N2O/c1-6-15(17-11-12-18(4)13(2)3)14-9-7-8-10-16(14)19-5/h7-10,13,15,17H,6,11-12H2,1-5H3. The van der Waals surface area contributed by atoms with Crippen molar-refractivity contribution in [1.82, 2.24) is 10.2 Å². The molecule has 0 aliphatic carbocycles. The van der Waals surface area contributed by atoms with E-state index in [1.54, 1.807) is 7.11 Å². The summed E-state index contributed by atoms with van der Waals surface area (Å²) in [4.78, 5) is 2.35. The lowest BCUT2D eigenvalue weighted by Gasteiger charge is -2.24. The second kappa shape index (κ2) is 8.18. The molecule has 0 aliphatic rings. The van der Waals surface area contributed by atoms with Crippen LogP contribution in [0.2, 0.25) is 0 Å². The summed E-state index contributed by atoms with van der Waals surface area (Å²) >= 11 is 0. The Morgan fingerprint density at radius 3 is 2.53 bits per heavy atom. The van der Waals surface area contributed by atoms with Crippen molar-refractivity contribution in [1.29, 1.82) is 0 Å². The molecule has 108 valence electrons. The number of methoxy groups -OCH3 is 1. The molecule has 1 aromatic rings. The zero-order chi connectivity index (χ0) is 14.3. The number of ether oxygens (including phenoxy) is 1. The first-order valence-electron chi connectivity index (χ1n) is 7.16. The normalized spacial score (nSPS) is 13.0. The molecule has 1 rings (SSSR count). The summed E-state index contributed by atoms with van der Waals surface area (Å²) in [6.45, 7) is 8.69. The highest BCUT2D eigenvalue weighted by molar-refractivity contribution is 5.35. The van der Waals surface area contributed by atoms with E-state index in [1.807, 2.05) is 12.1 Å². The van der Waals surface area contributed by atoms with Gasteiger partial charge in [0.05, 0.1) is 7.11 Å². The molecular weight excluding hydrogens is 236 g/mol. The van der Waals surface area contributed by atoms with Crippen molar-refractivity contribution in [2.45, 2.75) is 39.3 Å². The largest absolute Gasteiger partial charge is 0.496 e. The molecule has 19 heavy (non-hydrogen) atoms. The van der Waals surface area contributed by atoms with E-state index >= 15 is 0 Å². The molecule has 0 saturated heterocycles. The summed E-state index contributed by atoms with van der Waals surface area (Å²) in [6, 6.07) is 9.21. The van der Waals surface area contributed by atoms with Crippen LogP contribution < -0.4 is 10.1 Å². The molecule has 0 amide bonds. The fourth-order valence-electron chi connectivity index (χ4n) is 2.10. The maximum atomic E-state index is 5.44. The Morgan fingerprint density at radius 2 is 1.95 bits per heavy atom. The van der Waals surface area contributed by atoms with Crippen molar-refractivity contribution in [2.75, 3.05) is 27.2 Å². The number of nitrogens with zero attached hydrogens (tertiary/aromatic N) is 1. The molecule has 1 atom stereocenters. The SMILES string of the molecule is CCC(NCCN(C)C(C)C)c1ccccc1OC. The van der Waals surface area contributed by atoms with Crippen molar-refractivity contribution in [3.05, 3.63) is 29.8 Å². The summed E-state index contributed by atoms with van der Waals surface area (Å²) in [5, 5.41) is 3.62. The lowest BCUT2D eigenvalue weighted by atomic mass is 10.0. The van der Waals surface area contributed by atoms with Crippen molar-refractivity contribution < 1.29 is 4.74 Å². The van der Waals surface area contributed by atoms with Gasteiger partial charge in [-0.1, -0.05) is 25.1 Å². The Labute approximate surface area is 118 Å². The van der Waals surface area contributed by atoms with Crippen LogP contribution in [0.5, 0.6) is 5.75 Å². The molecule has 0 heterocycles. The average Bonchev–Trinajstić information content (AvgIpc) is 2.43. The summed E-state index contributed by atoms with van der Waals surface area (Å²) in [7, 11) is 3.90. The van der Waals surface area contributed by atoms with Crippen LogP contribution in [0.4, 0.5) is 0 Å². The predicted molar refractivity (Wildman–Crippen MR) is 81.8 cm³/mol. The van der Waals surface area contributed by atoms with Gasteiger partial charge in [-0.2, -0.15) is 0 Å². The van der Waals surface area contributed by atoms with Crippen molar-refractivity contribution in [2.24, 2.45) is 0 Å². The maximum absolute atomic E-state index is 5.44. The third kappa shape index (κ3) is 4.84. The predicted octanol–water partition coefficient (Wildman–Crippen LogP) is 3.08. The number of hydrogen-bond acceptors (Lipinski definition) is 3. The maximum Gasteiger partial charge on any atom is 0.123 e. The van der Waals surface area contributed by atoms with Crippen LogP contribution in [0.1, 0.15) is 38.8 Å². The monoisotopic (exact) mass is 264 g/mol. The molecule has 0 radical (unpaired) electrons. The number of hydrogen-bond donors (Lipinski definition) is 1. The Morgan fingerprint density at radius 1 is 1.26 bits per heavy atom. The molecule has 3 heteroatoms. The van der Waals surface area contributed by atoms with Crippen molar-refractivity contribution in [3.8, 4) is 5.75 Å². The first-order valence-corrected chi connectivity index (χ1v) is 7.16. The van der Waals surface area contributed by atoms with Crippen LogP contribution in [0.3, 0.4) is 0 Å². The number of nitrogens with one attached hydrogen (secondary N) is 1. The minimum atomic E-state index is 0.358.